The van der Waals surface area contributed by atoms with E-state index in [1.165, 1.54) is 32.1 Å². The first-order valence-electron chi connectivity index (χ1n) is 7.39. The molecule has 4 nitrogen and oxygen atoms in total. The SMILES string of the molecule is Cc1coc(-c2cnc(CC3CCCCC3)c(N)c2)n1. The zero-order valence-corrected chi connectivity index (χ0v) is 11.9. The summed E-state index contributed by atoms with van der Waals surface area (Å²) in [4.78, 5) is 8.84. The number of anilines is 1. The molecule has 2 N–H and O–H groups in total. The van der Waals surface area contributed by atoms with Crippen molar-refractivity contribution in [1.82, 2.24) is 9.97 Å². The lowest BCUT2D eigenvalue weighted by atomic mass is 9.86. The summed E-state index contributed by atoms with van der Waals surface area (Å²) in [5, 5.41) is 0. The molecule has 0 spiro atoms. The van der Waals surface area contributed by atoms with Gasteiger partial charge in [0.2, 0.25) is 5.89 Å². The zero-order chi connectivity index (χ0) is 13.9. The average molecular weight is 271 g/mol. The molecule has 0 atom stereocenters. The Morgan fingerprint density at radius 2 is 2.10 bits per heavy atom. The van der Waals surface area contributed by atoms with E-state index in [9.17, 15) is 0 Å². The molecule has 0 unspecified atom stereocenters. The number of hydrogen-bond acceptors (Lipinski definition) is 4. The molecule has 1 aliphatic carbocycles. The molecule has 0 amide bonds. The molecular weight excluding hydrogens is 250 g/mol. The van der Waals surface area contributed by atoms with E-state index in [-0.39, 0.29) is 0 Å². The summed E-state index contributed by atoms with van der Waals surface area (Å²) in [7, 11) is 0. The number of aryl methyl sites for hydroxylation is 1. The molecule has 1 saturated carbocycles. The number of hydrogen-bond donors (Lipinski definition) is 1. The maximum atomic E-state index is 6.15. The van der Waals surface area contributed by atoms with Crippen LogP contribution in [0.2, 0.25) is 0 Å². The number of pyridine rings is 1. The van der Waals surface area contributed by atoms with Crippen LogP contribution in [0.4, 0.5) is 5.69 Å². The molecule has 2 aromatic heterocycles. The van der Waals surface area contributed by atoms with E-state index in [4.69, 9.17) is 10.2 Å². The van der Waals surface area contributed by atoms with Crippen molar-refractivity contribution in [2.45, 2.75) is 45.4 Å². The van der Waals surface area contributed by atoms with Crippen molar-refractivity contribution >= 4 is 5.69 Å². The highest BCUT2D eigenvalue weighted by molar-refractivity contribution is 5.60. The third kappa shape index (κ3) is 2.84. The van der Waals surface area contributed by atoms with Crippen LogP contribution in [0, 0.1) is 12.8 Å². The van der Waals surface area contributed by atoms with E-state index in [0.29, 0.717) is 5.89 Å². The number of nitrogen functional groups attached to an aromatic ring is 1. The van der Waals surface area contributed by atoms with Crippen molar-refractivity contribution in [2.75, 3.05) is 5.73 Å². The van der Waals surface area contributed by atoms with E-state index < -0.39 is 0 Å². The molecule has 106 valence electrons. The van der Waals surface area contributed by atoms with Gasteiger partial charge in [0.05, 0.1) is 22.6 Å². The van der Waals surface area contributed by atoms with Crippen molar-refractivity contribution in [3.05, 3.63) is 29.9 Å². The predicted octanol–water partition coefficient (Wildman–Crippen LogP) is 3.75. The van der Waals surface area contributed by atoms with E-state index >= 15 is 0 Å². The molecular formula is C16H21N3O. The van der Waals surface area contributed by atoms with Crippen LogP contribution < -0.4 is 5.73 Å². The van der Waals surface area contributed by atoms with E-state index in [0.717, 1.165) is 35.0 Å². The normalized spacial score (nSPS) is 16.4. The fourth-order valence-electron chi connectivity index (χ4n) is 2.95. The third-order valence-corrected chi connectivity index (χ3v) is 4.08. The monoisotopic (exact) mass is 271 g/mol. The summed E-state index contributed by atoms with van der Waals surface area (Å²) in [6.45, 7) is 1.90. The Kier molecular flexibility index (Phi) is 3.72. The summed E-state index contributed by atoms with van der Waals surface area (Å²) in [5.41, 5.74) is 9.64. The third-order valence-electron chi connectivity index (χ3n) is 4.08. The Morgan fingerprint density at radius 3 is 2.75 bits per heavy atom. The maximum absolute atomic E-state index is 6.15. The van der Waals surface area contributed by atoms with Gasteiger partial charge in [-0.1, -0.05) is 32.1 Å². The van der Waals surface area contributed by atoms with Gasteiger partial charge in [0.25, 0.3) is 0 Å². The molecule has 0 bridgehead atoms. The Hall–Kier alpha value is -1.84. The van der Waals surface area contributed by atoms with Crippen LogP contribution in [-0.4, -0.2) is 9.97 Å². The van der Waals surface area contributed by atoms with Crippen LogP contribution >= 0.6 is 0 Å². The topological polar surface area (TPSA) is 64.9 Å². The van der Waals surface area contributed by atoms with Crippen LogP contribution in [0.15, 0.2) is 22.9 Å². The number of aromatic nitrogens is 2. The summed E-state index contributed by atoms with van der Waals surface area (Å²) < 4.78 is 5.39. The zero-order valence-electron chi connectivity index (χ0n) is 11.9. The van der Waals surface area contributed by atoms with Crippen molar-refractivity contribution in [2.24, 2.45) is 5.92 Å². The summed E-state index contributed by atoms with van der Waals surface area (Å²) in [6, 6.07) is 1.93. The van der Waals surface area contributed by atoms with Crippen molar-refractivity contribution in [3.8, 4) is 11.5 Å². The van der Waals surface area contributed by atoms with Crippen molar-refractivity contribution in [1.29, 1.82) is 0 Å². The van der Waals surface area contributed by atoms with E-state index in [1.807, 2.05) is 19.2 Å². The largest absolute Gasteiger partial charge is 0.444 e. The van der Waals surface area contributed by atoms with Crippen LogP contribution in [-0.2, 0) is 6.42 Å². The quantitative estimate of drug-likeness (QED) is 0.923. The Balaban J connectivity index is 1.76. The lowest BCUT2D eigenvalue weighted by Crippen LogP contribution is -2.11. The highest BCUT2D eigenvalue weighted by Gasteiger charge is 2.16. The maximum Gasteiger partial charge on any atom is 0.227 e. The molecule has 0 aliphatic heterocycles. The van der Waals surface area contributed by atoms with Gasteiger partial charge in [0, 0.05) is 6.20 Å². The molecule has 2 heterocycles. The summed E-state index contributed by atoms with van der Waals surface area (Å²) in [5.74, 6) is 1.33. The smallest absolute Gasteiger partial charge is 0.227 e. The van der Waals surface area contributed by atoms with Gasteiger partial charge in [-0.2, -0.15) is 0 Å². The summed E-state index contributed by atoms with van der Waals surface area (Å²) >= 11 is 0. The Bertz CT molecular complexity index is 585. The molecule has 3 rings (SSSR count). The second-order valence-electron chi connectivity index (χ2n) is 5.76. The Morgan fingerprint density at radius 1 is 1.30 bits per heavy atom. The highest BCUT2D eigenvalue weighted by Crippen LogP contribution is 2.29. The van der Waals surface area contributed by atoms with Crippen molar-refractivity contribution in [3.63, 3.8) is 0 Å². The number of rotatable bonds is 3. The van der Waals surface area contributed by atoms with Crippen LogP contribution in [0.3, 0.4) is 0 Å². The molecule has 0 radical (unpaired) electrons. The predicted molar refractivity (Wildman–Crippen MR) is 79.2 cm³/mol. The van der Waals surface area contributed by atoms with Gasteiger partial charge in [-0.05, 0) is 25.3 Å². The summed E-state index contributed by atoms with van der Waals surface area (Å²) in [6.07, 6.45) is 11.1. The molecule has 20 heavy (non-hydrogen) atoms. The van der Waals surface area contributed by atoms with Crippen LogP contribution in [0.5, 0.6) is 0 Å². The van der Waals surface area contributed by atoms with E-state index in [2.05, 4.69) is 9.97 Å². The standard InChI is InChI=1S/C16H21N3O/c1-11-10-20-16(19-11)13-8-14(17)15(18-9-13)7-12-5-3-2-4-6-12/h8-10,12H,2-7,17H2,1H3. The molecule has 4 heteroatoms. The van der Waals surface area contributed by atoms with Gasteiger partial charge in [0.1, 0.15) is 6.26 Å². The van der Waals surface area contributed by atoms with Gasteiger partial charge >= 0.3 is 0 Å². The van der Waals surface area contributed by atoms with Gasteiger partial charge in [0.15, 0.2) is 0 Å². The second-order valence-corrected chi connectivity index (χ2v) is 5.76. The molecule has 2 aromatic rings. The average Bonchev–Trinajstić information content (AvgIpc) is 2.89. The van der Waals surface area contributed by atoms with Crippen LogP contribution in [0.25, 0.3) is 11.5 Å². The fourth-order valence-corrected chi connectivity index (χ4v) is 2.95. The van der Waals surface area contributed by atoms with E-state index in [1.54, 1.807) is 6.26 Å². The first kappa shape index (κ1) is 13.2. The number of oxazole rings is 1. The highest BCUT2D eigenvalue weighted by atomic mass is 16.3. The molecule has 1 fully saturated rings. The lowest BCUT2D eigenvalue weighted by Gasteiger charge is -2.21. The van der Waals surface area contributed by atoms with Gasteiger partial charge in [-0.3, -0.25) is 4.98 Å². The number of nitrogens with zero attached hydrogens (tertiary/aromatic N) is 2. The molecule has 0 aromatic carbocycles. The van der Waals surface area contributed by atoms with Crippen LogP contribution in [0.1, 0.15) is 43.5 Å². The fraction of sp³-hybridized carbons (Fsp3) is 0.500. The van der Waals surface area contributed by atoms with Crippen molar-refractivity contribution < 1.29 is 4.42 Å². The minimum absolute atomic E-state index is 0.589. The van der Waals surface area contributed by atoms with Gasteiger partial charge < -0.3 is 10.2 Å². The Labute approximate surface area is 119 Å². The first-order valence-corrected chi connectivity index (χ1v) is 7.39. The van der Waals surface area contributed by atoms with Gasteiger partial charge in [-0.25, -0.2) is 4.98 Å². The number of nitrogens with two attached hydrogens (primary N) is 1. The first-order chi connectivity index (χ1) is 9.72. The molecule has 0 saturated heterocycles. The van der Waals surface area contributed by atoms with Gasteiger partial charge in [-0.15, -0.1) is 0 Å². The minimum atomic E-state index is 0.589. The molecule has 1 aliphatic rings. The lowest BCUT2D eigenvalue weighted by molar-refractivity contribution is 0.354. The second kappa shape index (κ2) is 5.65. The minimum Gasteiger partial charge on any atom is -0.444 e.